The summed E-state index contributed by atoms with van der Waals surface area (Å²) in [5.41, 5.74) is 0. The summed E-state index contributed by atoms with van der Waals surface area (Å²) in [5.74, 6) is -1.08. The van der Waals surface area contributed by atoms with Gasteiger partial charge in [-0.15, -0.1) is 0 Å². The summed E-state index contributed by atoms with van der Waals surface area (Å²) in [6.07, 6.45) is 17.0. The molecular formula is C24H50N2O4. The fraction of sp³-hybridized carbons (Fsp3) is 0.958. The lowest BCUT2D eigenvalue weighted by atomic mass is 10.0. The lowest BCUT2D eigenvalue weighted by Gasteiger charge is -2.25. The standard InChI is InChI=1S/C24H50N2O4/c1-4-5-6-7-8-9-10-11-12-13-14-15-16-17-18-25-22(20(2)27)19-26-23(21(3)28)24(29)30/h20-23,25-28H,4-19H2,1-3H3,(H,29,30). The van der Waals surface area contributed by atoms with Gasteiger partial charge in [-0.1, -0.05) is 90.4 Å². The normalized spacial score (nSPS) is 15.6. The number of hydrogen-bond acceptors (Lipinski definition) is 5. The van der Waals surface area contributed by atoms with Gasteiger partial charge < -0.3 is 26.0 Å². The van der Waals surface area contributed by atoms with Crippen LogP contribution in [0.5, 0.6) is 0 Å². The predicted molar refractivity (Wildman–Crippen MR) is 125 cm³/mol. The molecule has 0 aromatic rings. The zero-order valence-corrected chi connectivity index (χ0v) is 19.9. The fourth-order valence-electron chi connectivity index (χ4n) is 3.74. The van der Waals surface area contributed by atoms with Gasteiger partial charge in [0, 0.05) is 12.6 Å². The van der Waals surface area contributed by atoms with Gasteiger partial charge in [-0.05, 0) is 26.8 Å². The van der Waals surface area contributed by atoms with E-state index in [4.69, 9.17) is 5.11 Å². The largest absolute Gasteiger partial charge is 0.480 e. The van der Waals surface area contributed by atoms with Crippen molar-refractivity contribution in [1.82, 2.24) is 10.6 Å². The van der Waals surface area contributed by atoms with Crippen molar-refractivity contribution in [3.8, 4) is 0 Å². The lowest BCUT2D eigenvalue weighted by Crippen LogP contribution is -2.53. The maximum atomic E-state index is 11.1. The van der Waals surface area contributed by atoms with Gasteiger partial charge in [0.2, 0.25) is 0 Å². The van der Waals surface area contributed by atoms with Crippen LogP contribution in [0, 0.1) is 0 Å². The van der Waals surface area contributed by atoms with E-state index in [0.717, 1.165) is 13.0 Å². The third-order valence-corrected chi connectivity index (χ3v) is 5.83. The van der Waals surface area contributed by atoms with Crippen molar-refractivity contribution >= 4 is 5.97 Å². The highest BCUT2D eigenvalue weighted by Crippen LogP contribution is 2.12. The van der Waals surface area contributed by atoms with Gasteiger partial charge in [-0.3, -0.25) is 4.79 Å². The highest BCUT2D eigenvalue weighted by atomic mass is 16.4. The molecule has 4 atom stereocenters. The average Bonchev–Trinajstić information content (AvgIpc) is 2.68. The summed E-state index contributed by atoms with van der Waals surface area (Å²) in [7, 11) is 0. The van der Waals surface area contributed by atoms with Crippen LogP contribution in [0.4, 0.5) is 0 Å². The van der Waals surface area contributed by atoms with Crippen molar-refractivity contribution in [3.05, 3.63) is 0 Å². The van der Waals surface area contributed by atoms with Gasteiger partial charge in [0.05, 0.1) is 12.2 Å². The second-order valence-electron chi connectivity index (χ2n) is 8.86. The second-order valence-corrected chi connectivity index (χ2v) is 8.86. The van der Waals surface area contributed by atoms with Gasteiger partial charge in [-0.25, -0.2) is 0 Å². The molecule has 0 saturated carbocycles. The Morgan fingerprint density at radius 3 is 1.50 bits per heavy atom. The topological polar surface area (TPSA) is 102 Å². The van der Waals surface area contributed by atoms with Gasteiger partial charge >= 0.3 is 5.97 Å². The van der Waals surface area contributed by atoms with Crippen LogP contribution in [0.1, 0.15) is 111 Å². The Bertz CT molecular complexity index is 391. The molecule has 0 rings (SSSR count). The molecule has 0 radical (unpaired) electrons. The van der Waals surface area contributed by atoms with E-state index in [1.807, 2.05) is 0 Å². The van der Waals surface area contributed by atoms with E-state index in [0.29, 0.717) is 6.54 Å². The van der Waals surface area contributed by atoms with E-state index in [2.05, 4.69) is 17.6 Å². The first kappa shape index (κ1) is 29.3. The second kappa shape index (κ2) is 20.2. The summed E-state index contributed by atoms with van der Waals surface area (Å²) in [6.45, 7) is 6.52. The van der Waals surface area contributed by atoms with Crippen LogP contribution < -0.4 is 10.6 Å². The number of nitrogens with one attached hydrogen (secondary N) is 2. The average molecular weight is 431 g/mol. The van der Waals surface area contributed by atoms with E-state index >= 15 is 0 Å². The Morgan fingerprint density at radius 2 is 1.13 bits per heavy atom. The third kappa shape index (κ3) is 17.0. The minimum absolute atomic E-state index is 0.229. The number of carbonyl (C=O) groups is 1. The molecule has 6 nitrogen and oxygen atoms in total. The molecule has 0 aliphatic carbocycles. The molecule has 30 heavy (non-hydrogen) atoms. The summed E-state index contributed by atoms with van der Waals surface area (Å²) < 4.78 is 0. The van der Waals surface area contributed by atoms with Gasteiger partial charge in [0.15, 0.2) is 0 Å². The highest BCUT2D eigenvalue weighted by Gasteiger charge is 2.24. The summed E-state index contributed by atoms with van der Waals surface area (Å²) in [4.78, 5) is 11.1. The summed E-state index contributed by atoms with van der Waals surface area (Å²) >= 11 is 0. The molecule has 180 valence electrons. The third-order valence-electron chi connectivity index (χ3n) is 5.83. The van der Waals surface area contributed by atoms with Crippen LogP contribution in [-0.2, 0) is 4.79 Å². The summed E-state index contributed by atoms with van der Waals surface area (Å²) in [6, 6.07) is -1.25. The van der Waals surface area contributed by atoms with E-state index in [9.17, 15) is 15.0 Å². The number of carboxylic acids is 1. The first-order chi connectivity index (χ1) is 14.4. The first-order valence-electron chi connectivity index (χ1n) is 12.5. The van der Waals surface area contributed by atoms with E-state index in [-0.39, 0.29) is 6.04 Å². The smallest absolute Gasteiger partial charge is 0.323 e. The maximum Gasteiger partial charge on any atom is 0.323 e. The SMILES string of the molecule is CCCCCCCCCCCCCCCCNC(CNC(C(=O)O)C(C)O)C(C)O. The van der Waals surface area contributed by atoms with Gasteiger partial charge in [0.25, 0.3) is 0 Å². The Balaban J connectivity index is 3.60. The Hall–Kier alpha value is -0.690. The first-order valence-corrected chi connectivity index (χ1v) is 12.5. The quantitative estimate of drug-likeness (QED) is 0.165. The van der Waals surface area contributed by atoms with Crippen LogP contribution in [-0.4, -0.2) is 58.7 Å². The number of carboxylic acid groups (broad SMARTS) is 1. The van der Waals surface area contributed by atoms with Gasteiger partial charge in [-0.2, -0.15) is 0 Å². The molecule has 0 amide bonds. The molecule has 0 heterocycles. The molecule has 0 fully saturated rings. The summed E-state index contributed by atoms with van der Waals surface area (Å²) in [5, 5.41) is 34.7. The molecule has 0 aromatic heterocycles. The van der Waals surface area contributed by atoms with E-state index in [1.165, 1.54) is 90.4 Å². The zero-order chi connectivity index (χ0) is 22.6. The molecular weight excluding hydrogens is 380 g/mol. The molecule has 0 spiro atoms. The lowest BCUT2D eigenvalue weighted by molar-refractivity contribution is -0.142. The monoisotopic (exact) mass is 430 g/mol. The number of aliphatic hydroxyl groups is 2. The Morgan fingerprint density at radius 1 is 0.700 bits per heavy atom. The number of rotatable bonds is 22. The fourth-order valence-corrected chi connectivity index (χ4v) is 3.74. The molecule has 6 heteroatoms. The molecule has 0 aliphatic heterocycles. The minimum atomic E-state index is -1.08. The van der Waals surface area contributed by atoms with Crippen LogP contribution in [0.15, 0.2) is 0 Å². The number of aliphatic carboxylic acids is 1. The molecule has 4 unspecified atom stereocenters. The van der Waals surface area contributed by atoms with Gasteiger partial charge in [0.1, 0.15) is 6.04 Å². The van der Waals surface area contributed by atoms with E-state index in [1.54, 1.807) is 6.92 Å². The van der Waals surface area contributed by atoms with Crippen LogP contribution in [0.2, 0.25) is 0 Å². The molecule has 5 N–H and O–H groups in total. The molecule has 0 saturated heterocycles. The number of hydrogen-bond donors (Lipinski definition) is 5. The molecule has 0 aliphatic rings. The van der Waals surface area contributed by atoms with Crippen molar-refractivity contribution in [1.29, 1.82) is 0 Å². The van der Waals surface area contributed by atoms with Crippen molar-refractivity contribution < 1.29 is 20.1 Å². The Labute approximate surface area is 185 Å². The van der Waals surface area contributed by atoms with Crippen molar-refractivity contribution in [2.75, 3.05) is 13.1 Å². The van der Waals surface area contributed by atoms with Crippen LogP contribution in [0.25, 0.3) is 0 Å². The molecule has 0 aromatic carbocycles. The van der Waals surface area contributed by atoms with Crippen molar-refractivity contribution in [2.24, 2.45) is 0 Å². The number of aliphatic hydroxyl groups excluding tert-OH is 2. The Kier molecular flexibility index (Phi) is 19.8. The predicted octanol–water partition coefficient (Wildman–Crippen LogP) is 4.23. The minimum Gasteiger partial charge on any atom is -0.480 e. The van der Waals surface area contributed by atoms with Crippen LogP contribution >= 0.6 is 0 Å². The van der Waals surface area contributed by atoms with Crippen molar-refractivity contribution in [3.63, 3.8) is 0 Å². The number of unbranched alkanes of at least 4 members (excludes halogenated alkanes) is 13. The van der Waals surface area contributed by atoms with Crippen LogP contribution in [0.3, 0.4) is 0 Å². The van der Waals surface area contributed by atoms with E-state index < -0.39 is 24.2 Å². The van der Waals surface area contributed by atoms with Crippen molar-refractivity contribution in [2.45, 2.75) is 135 Å². The highest BCUT2D eigenvalue weighted by molar-refractivity contribution is 5.74. The molecule has 0 bridgehead atoms. The zero-order valence-electron chi connectivity index (χ0n) is 19.9. The maximum absolute atomic E-state index is 11.1.